The summed E-state index contributed by atoms with van der Waals surface area (Å²) in [6, 6.07) is 9.36. The number of anilines is 1. The van der Waals surface area contributed by atoms with Crippen molar-refractivity contribution in [1.29, 1.82) is 0 Å². The number of aryl methyl sites for hydroxylation is 3. The molecule has 3 aromatic heterocycles. The van der Waals surface area contributed by atoms with Crippen LogP contribution in [0.5, 0.6) is 0 Å². The van der Waals surface area contributed by atoms with Gasteiger partial charge in [0.05, 0.1) is 5.52 Å². The summed E-state index contributed by atoms with van der Waals surface area (Å²) in [4.78, 5) is 34.8. The number of pyridine rings is 2. The van der Waals surface area contributed by atoms with Gasteiger partial charge in [0, 0.05) is 54.5 Å². The minimum Gasteiger partial charge on any atom is -0.326 e. The number of nitrogens with zero attached hydrogens (tertiary/aromatic N) is 4. The Kier molecular flexibility index (Phi) is 5.66. The van der Waals surface area contributed by atoms with E-state index < -0.39 is 0 Å². The molecule has 0 saturated carbocycles. The van der Waals surface area contributed by atoms with Gasteiger partial charge in [0.1, 0.15) is 0 Å². The smallest absolute Gasteiger partial charge is 0.291 e. The number of carbonyl (C=O) groups is 1. The molecule has 0 aliphatic heterocycles. The number of benzene rings is 1. The van der Waals surface area contributed by atoms with Crippen LogP contribution in [-0.4, -0.2) is 25.0 Å². The monoisotopic (exact) mass is 443 g/mol. The molecule has 0 unspecified atom stereocenters. The number of imidazole rings is 1. The number of hydrogen-bond acceptors (Lipinski definition) is 4. The third-order valence-electron chi connectivity index (χ3n) is 5.59. The molecule has 0 spiro atoms. The predicted octanol–water partition coefficient (Wildman–Crippen LogP) is 4.71. The second-order valence-electron chi connectivity index (χ2n) is 9.73. The van der Waals surface area contributed by atoms with Crippen molar-refractivity contribution >= 4 is 22.5 Å². The molecule has 7 heteroatoms. The van der Waals surface area contributed by atoms with Crippen LogP contribution >= 0.6 is 0 Å². The van der Waals surface area contributed by atoms with E-state index in [-0.39, 0.29) is 16.9 Å². The first-order chi connectivity index (χ1) is 15.5. The molecule has 0 bridgehead atoms. The van der Waals surface area contributed by atoms with Crippen LogP contribution in [0.25, 0.3) is 22.0 Å². The van der Waals surface area contributed by atoms with E-state index in [9.17, 15) is 9.59 Å². The molecule has 1 aromatic carbocycles. The van der Waals surface area contributed by atoms with Gasteiger partial charge in [-0.25, -0.2) is 4.98 Å². The summed E-state index contributed by atoms with van der Waals surface area (Å²) in [6.07, 6.45) is 5.23. The molecule has 0 saturated heterocycles. The number of nitrogens with one attached hydrogen (secondary N) is 1. The SMILES string of the molecule is Cc1cc2c(cn1)cc(-c1cc(NC(=O)c3nccn3CC(C)(C)C)ccc1C)c(=O)n2C. The van der Waals surface area contributed by atoms with Crippen molar-refractivity contribution in [2.24, 2.45) is 12.5 Å². The minimum atomic E-state index is -0.287. The van der Waals surface area contributed by atoms with Gasteiger partial charge in [-0.15, -0.1) is 0 Å². The third-order valence-corrected chi connectivity index (χ3v) is 5.59. The molecule has 0 atom stereocenters. The Morgan fingerprint density at radius 3 is 2.55 bits per heavy atom. The van der Waals surface area contributed by atoms with E-state index in [0.717, 1.165) is 27.7 Å². The summed E-state index contributed by atoms with van der Waals surface area (Å²) in [5.41, 5.74) is 4.50. The lowest BCUT2D eigenvalue weighted by Gasteiger charge is -2.20. The van der Waals surface area contributed by atoms with E-state index in [1.54, 1.807) is 24.0 Å². The molecular weight excluding hydrogens is 414 g/mol. The fraction of sp³-hybridized carbons (Fsp3) is 0.308. The van der Waals surface area contributed by atoms with E-state index in [1.807, 2.05) is 54.9 Å². The van der Waals surface area contributed by atoms with Crippen LogP contribution in [0.1, 0.15) is 42.6 Å². The quantitative estimate of drug-likeness (QED) is 0.495. The third kappa shape index (κ3) is 4.58. The number of hydrogen-bond donors (Lipinski definition) is 1. The first-order valence-corrected chi connectivity index (χ1v) is 10.9. The van der Waals surface area contributed by atoms with E-state index >= 15 is 0 Å². The Morgan fingerprint density at radius 1 is 1.06 bits per heavy atom. The lowest BCUT2D eigenvalue weighted by atomic mass is 9.97. The van der Waals surface area contributed by atoms with E-state index in [2.05, 4.69) is 36.1 Å². The molecule has 0 aliphatic rings. The number of rotatable bonds is 4. The highest BCUT2D eigenvalue weighted by atomic mass is 16.2. The Bertz CT molecular complexity index is 1420. The number of amides is 1. The average Bonchev–Trinajstić information content (AvgIpc) is 3.19. The van der Waals surface area contributed by atoms with Crippen molar-refractivity contribution in [3.05, 3.63) is 76.4 Å². The highest BCUT2D eigenvalue weighted by molar-refractivity contribution is 6.02. The number of aromatic nitrogens is 4. The fourth-order valence-corrected chi connectivity index (χ4v) is 3.99. The van der Waals surface area contributed by atoms with Crippen molar-refractivity contribution in [1.82, 2.24) is 19.1 Å². The lowest BCUT2D eigenvalue weighted by Crippen LogP contribution is -2.23. The van der Waals surface area contributed by atoms with Crippen molar-refractivity contribution in [3.8, 4) is 11.1 Å². The van der Waals surface area contributed by atoms with Crippen LogP contribution in [0.3, 0.4) is 0 Å². The van der Waals surface area contributed by atoms with Gasteiger partial charge in [-0.3, -0.25) is 14.6 Å². The van der Waals surface area contributed by atoms with Gasteiger partial charge < -0.3 is 14.5 Å². The van der Waals surface area contributed by atoms with Crippen LogP contribution in [0, 0.1) is 19.3 Å². The molecule has 170 valence electrons. The summed E-state index contributed by atoms with van der Waals surface area (Å²) in [5.74, 6) is 0.0697. The Morgan fingerprint density at radius 2 is 1.82 bits per heavy atom. The van der Waals surface area contributed by atoms with Crippen LogP contribution in [0.2, 0.25) is 0 Å². The molecule has 33 heavy (non-hydrogen) atoms. The first-order valence-electron chi connectivity index (χ1n) is 10.9. The molecule has 0 fully saturated rings. The molecule has 4 aromatic rings. The summed E-state index contributed by atoms with van der Waals surface area (Å²) in [6.45, 7) is 10.9. The molecule has 1 N–H and O–H groups in total. The summed E-state index contributed by atoms with van der Waals surface area (Å²) >= 11 is 0. The topological polar surface area (TPSA) is 81.8 Å². The van der Waals surface area contributed by atoms with Gasteiger partial charge >= 0.3 is 0 Å². The van der Waals surface area contributed by atoms with Crippen LogP contribution in [0.4, 0.5) is 5.69 Å². The first kappa shape index (κ1) is 22.5. The maximum atomic E-state index is 13.2. The van der Waals surface area contributed by atoms with Crippen molar-refractivity contribution in [3.63, 3.8) is 0 Å². The zero-order chi connectivity index (χ0) is 23.9. The lowest BCUT2D eigenvalue weighted by molar-refractivity contribution is 0.101. The number of carbonyl (C=O) groups excluding carboxylic acids is 1. The second kappa shape index (κ2) is 8.31. The van der Waals surface area contributed by atoms with Crippen LogP contribution < -0.4 is 10.9 Å². The zero-order valence-corrected chi connectivity index (χ0v) is 19.9. The van der Waals surface area contributed by atoms with Crippen molar-refractivity contribution in [2.45, 2.75) is 41.2 Å². The molecular formula is C26H29N5O2. The maximum absolute atomic E-state index is 13.2. The Labute approximate surface area is 193 Å². The Hall–Kier alpha value is -3.74. The van der Waals surface area contributed by atoms with Gasteiger partial charge in [-0.05, 0) is 54.7 Å². The van der Waals surface area contributed by atoms with Gasteiger partial charge in [0.25, 0.3) is 11.5 Å². The summed E-state index contributed by atoms with van der Waals surface area (Å²) in [7, 11) is 1.77. The maximum Gasteiger partial charge on any atom is 0.291 e. The molecule has 0 aliphatic carbocycles. The number of fused-ring (bicyclic) bond motifs is 1. The molecule has 0 radical (unpaired) electrons. The van der Waals surface area contributed by atoms with Gasteiger partial charge in [-0.1, -0.05) is 26.8 Å². The second-order valence-corrected chi connectivity index (χ2v) is 9.73. The van der Waals surface area contributed by atoms with Crippen LogP contribution in [-0.2, 0) is 13.6 Å². The van der Waals surface area contributed by atoms with Gasteiger partial charge in [0.2, 0.25) is 0 Å². The highest BCUT2D eigenvalue weighted by Crippen LogP contribution is 2.27. The van der Waals surface area contributed by atoms with E-state index in [0.29, 0.717) is 23.6 Å². The molecule has 3 heterocycles. The molecule has 4 rings (SSSR count). The van der Waals surface area contributed by atoms with Gasteiger partial charge in [-0.2, -0.15) is 0 Å². The Balaban J connectivity index is 1.71. The normalized spacial score (nSPS) is 11.7. The van der Waals surface area contributed by atoms with Crippen LogP contribution in [0.15, 0.2) is 53.7 Å². The van der Waals surface area contributed by atoms with Gasteiger partial charge in [0.15, 0.2) is 5.82 Å². The summed E-state index contributed by atoms with van der Waals surface area (Å²) in [5, 5.41) is 3.83. The molecule has 7 nitrogen and oxygen atoms in total. The fourth-order valence-electron chi connectivity index (χ4n) is 3.99. The minimum absolute atomic E-state index is 0.0102. The van der Waals surface area contributed by atoms with E-state index in [1.165, 1.54) is 0 Å². The average molecular weight is 444 g/mol. The highest BCUT2D eigenvalue weighted by Gasteiger charge is 2.19. The van der Waals surface area contributed by atoms with E-state index in [4.69, 9.17) is 0 Å². The van der Waals surface area contributed by atoms with Crippen molar-refractivity contribution in [2.75, 3.05) is 5.32 Å². The standard InChI is InChI=1S/C26H29N5O2/c1-16-7-8-19(29-24(32)23-27-9-10-31(23)15-26(3,4)5)13-20(16)21-12-18-14-28-17(2)11-22(18)30(6)25(21)33/h7-14H,15H2,1-6H3,(H,29,32). The summed E-state index contributed by atoms with van der Waals surface area (Å²) < 4.78 is 3.51. The zero-order valence-electron chi connectivity index (χ0n) is 19.9. The largest absolute Gasteiger partial charge is 0.326 e. The molecule has 1 amide bonds. The van der Waals surface area contributed by atoms with Crippen molar-refractivity contribution < 1.29 is 4.79 Å². The predicted molar refractivity (Wildman–Crippen MR) is 132 cm³/mol.